The summed E-state index contributed by atoms with van der Waals surface area (Å²) in [4.78, 5) is 0. The van der Waals surface area contributed by atoms with Crippen LogP contribution in [0.4, 0.5) is 0 Å². The first kappa shape index (κ1) is 11.6. The Hall–Kier alpha value is -0.860. The van der Waals surface area contributed by atoms with E-state index in [-0.39, 0.29) is 0 Å². The van der Waals surface area contributed by atoms with Crippen LogP contribution in [0.5, 0.6) is 0 Å². The topological polar surface area (TPSA) is 29.5 Å². The maximum absolute atomic E-state index is 10.6. The molecule has 1 aromatic carbocycles. The van der Waals surface area contributed by atoms with Crippen molar-refractivity contribution >= 4 is 0 Å². The second-order valence-corrected chi connectivity index (χ2v) is 4.79. The molecule has 0 fully saturated rings. The van der Waals surface area contributed by atoms with Crippen LogP contribution < -0.4 is 0 Å². The van der Waals surface area contributed by atoms with Crippen LogP contribution in [0.15, 0.2) is 18.2 Å². The van der Waals surface area contributed by atoms with E-state index in [9.17, 15) is 5.11 Å². The number of rotatable bonds is 4. The summed E-state index contributed by atoms with van der Waals surface area (Å²) in [5.74, 6) is 0. The normalized spacial score (nSPS) is 23.4. The molecular weight excluding hydrogens is 200 g/mol. The van der Waals surface area contributed by atoms with Gasteiger partial charge in [-0.1, -0.05) is 23.8 Å². The van der Waals surface area contributed by atoms with Crippen LogP contribution in [0.3, 0.4) is 0 Å². The molecule has 2 heteroatoms. The van der Waals surface area contributed by atoms with Crippen molar-refractivity contribution in [1.29, 1.82) is 0 Å². The zero-order valence-corrected chi connectivity index (χ0v) is 10.1. The van der Waals surface area contributed by atoms with Crippen LogP contribution in [0.25, 0.3) is 0 Å². The van der Waals surface area contributed by atoms with Crippen molar-refractivity contribution in [2.45, 2.75) is 38.2 Å². The number of methoxy groups -OCH3 is 1. The number of hydrogen-bond donors (Lipinski definition) is 1. The van der Waals surface area contributed by atoms with Gasteiger partial charge in [0.15, 0.2) is 0 Å². The second-order valence-electron chi connectivity index (χ2n) is 4.79. The van der Waals surface area contributed by atoms with E-state index in [1.807, 2.05) is 0 Å². The predicted octanol–water partition coefficient (Wildman–Crippen LogP) is 2.56. The molecule has 2 nitrogen and oxygen atoms in total. The standard InChI is InChI=1S/C14H20O2/c1-11-4-5-12-6-8-14(15,13(12)10-11)7-3-9-16-2/h4-5,10,15H,3,6-9H2,1-2H3. The van der Waals surface area contributed by atoms with Gasteiger partial charge in [-0.15, -0.1) is 0 Å². The van der Waals surface area contributed by atoms with Crippen molar-refractivity contribution < 1.29 is 9.84 Å². The highest BCUT2D eigenvalue weighted by Gasteiger charge is 2.35. The van der Waals surface area contributed by atoms with Gasteiger partial charge in [0.05, 0.1) is 5.60 Å². The van der Waals surface area contributed by atoms with Gasteiger partial charge in [-0.25, -0.2) is 0 Å². The van der Waals surface area contributed by atoms with Gasteiger partial charge in [-0.2, -0.15) is 0 Å². The van der Waals surface area contributed by atoms with E-state index in [1.165, 1.54) is 11.1 Å². The zero-order chi connectivity index (χ0) is 11.6. The van der Waals surface area contributed by atoms with E-state index in [0.29, 0.717) is 0 Å². The largest absolute Gasteiger partial charge is 0.385 e. The van der Waals surface area contributed by atoms with Gasteiger partial charge in [0.1, 0.15) is 0 Å². The molecule has 0 saturated heterocycles. The average Bonchev–Trinajstić information content (AvgIpc) is 2.58. The maximum Gasteiger partial charge on any atom is 0.0903 e. The highest BCUT2D eigenvalue weighted by molar-refractivity contribution is 5.39. The quantitative estimate of drug-likeness (QED) is 0.790. The van der Waals surface area contributed by atoms with Gasteiger partial charge in [0.2, 0.25) is 0 Å². The van der Waals surface area contributed by atoms with Gasteiger partial charge in [-0.05, 0) is 43.7 Å². The highest BCUT2D eigenvalue weighted by atomic mass is 16.5. The van der Waals surface area contributed by atoms with Gasteiger partial charge in [0, 0.05) is 13.7 Å². The number of fused-ring (bicyclic) bond motifs is 1. The molecule has 0 bridgehead atoms. The molecule has 0 radical (unpaired) electrons. The molecule has 2 rings (SSSR count). The van der Waals surface area contributed by atoms with Crippen LogP contribution in [-0.2, 0) is 16.8 Å². The van der Waals surface area contributed by atoms with E-state index in [4.69, 9.17) is 4.74 Å². The van der Waals surface area contributed by atoms with Crippen molar-refractivity contribution in [3.8, 4) is 0 Å². The number of ether oxygens (including phenoxy) is 1. The molecule has 1 N–H and O–H groups in total. The fourth-order valence-electron chi connectivity index (χ4n) is 2.59. The van der Waals surface area contributed by atoms with E-state index < -0.39 is 5.60 Å². The molecule has 0 aromatic heterocycles. The smallest absolute Gasteiger partial charge is 0.0903 e. The van der Waals surface area contributed by atoms with E-state index >= 15 is 0 Å². The number of hydrogen-bond acceptors (Lipinski definition) is 2. The first-order valence-corrected chi connectivity index (χ1v) is 5.97. The summed E-state index contributed by atoms with van der Waals surface area (Å²) in [5, 5.41) is 10.6. The highest BCUT2D eigenvalue weighted by Crippen LogP contribution is 2.40. The minimum atomic E-state index is -0.611. The Morgan fingerprint density at radius 3 is 3.00 bits per heavy atom. The Labute approximate surface area is 97.3 Å². The summed E-state index contributed by atoms with van der Waals surface area (Å²) in [6.07, 6.45) is 3.58. The van der Waals surface area contributed by atoms with Crippen LogP contribution in [0.1, 0.15) is 36.0 Å². The zero-order valence-electron chi connectivity index (χ0n) is 10.1. The molecule has 1 aromatic rings. The summed E-state index contributed by atoms with van der Waals surface area (Å²) in [5.41, 5.74) is 3.07. The first-order valence-electron chi connectivity index (χ1n) is 5.97. The van der Waals surface area contributed by atoms with Gasteiger partial charge in [0.25, 0.3) is 0 Å². The van der Waals surface area contributed by atoms with Crippen LogP contribution in [0.2, 0.25) is 0 Å². The lowest BCUT2D eigenvalue weighted by atomic mass is 9.90. The Bertz CT molecular complexity index is 373. The van der Waals surface area contributed by atoms with Gasteiger partial charge < -0.3 is 9.84 Å². The summed E-state index contributed by atoms with van der Waals surface area (Å²) in [6, 6.07) is 6.41. The lowest BCUT2D eigenvalue weighted by Crippen LogP contribution is -2.22. The Morgan fingerprint density at radius 1 is 1.44 bits per heavy atom. The molecule has 1 aliphatic carbocycles. The van der Waals surface area contributed by atoms with E-state index in [0.717, 1.165) is 37.9 Å². The SMILES string of the molecule is COCCCC1(O)CCc2ccc(C)cc21. The second kappa shape index (κ2) is 4.56. The van der Waals surface area contributed by atoms with Crippen LogP contribution >= 0.6 is 0 Å². The Morgan fingerprint density at radius 2 is 2.25 bits per heavy atom. The van der Waals surface area contributed by atoms with Crippen LogP contribution in [0, 0.1) is 6.92 Å². The third-order valence-corrected chi connectivity index (χ3v) is 3.51. The van der Waals surface area contributed by atoms with Crippen molar-refractivity contribution in [2.24, 2.45) is 0 Å². The Balaban J connectivity index is 2.17. The van der Waals surface area contributed by atoms with Crippen LogP contribution in [-0.4, -0.2) is 18.8 Å². The average molecular weight is 220 g/mol. The molecule has 0 heterocycles. The Kier molecular flexibility index (Phi) is 3.31. The van der Waals surface area contributed by atoms with Gasteiger partial charge >= 0.3 is 0 Å². The molecule has 0 aliphatic heterocycles. The molecular formula is C14H20O2. The minimum Gasteiger partial charge on any atom is -0.385 e. The molecule has 16 heavy (non-hydrogen) atoms. The molecule has 88 valence electrons. The number of aliphatic hydroxyl groups is 1. The number of benzene rings is 1. The fourth-order valence-corrected chi connectivity index (χ4v) is 2.59. The first-order chi connectivity index (χ1) is 7.65. The van der Waals surface area contributed by atoms with E-state index in [2.05, 4.69) is 25.1 Å². The minimum absolute atomic E-state index is 0.611. The molecule has 1 unspecified atom stereocenters. The van der Waals surface area contributed by atoms with Crippen molar-refractivity contribution in [3.05, 3.63) is 34.9 Å². The number of aryl methyl sites for hydroxylation is 2. The van der Waals surface area contributed by atoms with Crippen molar-refractivity contribution in [2.75, 3.05) is 13.7 Å². The van der Waals surface area contributed by atoms with Gasteiger partial charge in [-0.3, -0.25) is 0 Å². The fraction of sp³-hybridized carbons (Fsp3) is 0.571. The van der Waals surface area contributed by atoms with Crippen molar-refractivity contribution in [3.63, 3.8) is 0 Å². The lowest BCUT2D eigenvalue weighted by Gasteiger charge is -2.24. The third-order valence-electron chi connectivity index (χ3n) is 3.51. The maximum atomic E-state index is 10.6. The molecule has 0 spiro atoms. The third kappa shape index (κ3) is 2.13. The lowest BCUT2D eigenvalue weighted by molar-refractivity contribution is 0.0204. The summed E-state index contributed by atoms with van der Waals surface area (Å²) in [6.45, 7) is 2.80. The summed E-state index contributed by atoms with van der Waals surface area (Å²) >= 11 is 0. The van der Waals surface area contributed by atoms with E-state index in [1.54, 1.807) is 7.11 Å². The molecule has 1 aliphatic rings. The van der Waals surface area contributed by atoms with Crippen molar-refractivity contribution in [1.82, 2.24) is 0 Å². The monoisotopic (exact) mass is 220 g/mol. The molecule has 0 saturated carbocycles. The molecule has 0 amide bonds. The molecule has 1 atom stereocenters. The summed E-state index contributed by atoms with van der Waals surface area (Å²) < 4.78 is 5.05. The predicted molar refractivity (Wildman–Crippen MR) is 64.5 cm³/mol. The summed E-state index contributed by atoms with van der Waals surface area (Å²) in [7, 11) is 1.71.